The largest absolute Gasteiger partial charge is 0.486 e. The van der Waals surface area contributed by atoms with Crippen LogP contribution in [0.4, 0.5) is 0 Å². The number of hydrogen-bond donors (Lipinski definition) is 1. The molecule has 1 aliphatic rings. The zero-order valence-electron chi connectivity index (χ0n) is 10.3. The summed E-state index contributed by atoms with van der Waals surface area (Å²) in [5.74, 6) is 2.53. The Morgan fingerprint density at radius 1 is 1.39 bits per heavy atom. The van der Waals surface area contributed by atoms with Gasteiger partial charge in [0.15, 0.2) is 11.5 Å². The molecule has 0 saturated carbocycles. The average Bonchev–Trinajstić information content (AvgIpc) is 2.43. The SMILES string of the molecule is CNC(C#N)CCSc1ccc2c(c1)OCCO2. The molecular weight excluding hydrogens is 248 g/mol. The molecule has 0 radical (unpaired) electrons. The van der Waals surface area contributed by atoms with Crippen molar-refractivity contribution in [3.8, 4) is 17.6 Å². The Hall–Kier alpha value is -1.38. The van der Waals surface area contributed by atoms with Crippen molar-refractivity contribution in [3.05, 3.63) is 18.2 Å². The third-order valence-electron chi connectivity index (χ3n) is 2.69. The lowest BCUT2D eigenvalue weighted by Gasteiger charge is -2.18. The molecule has 1 aromatic carbocycles. The first-order chi connectivity index (χ1) is 8.83. The molecule has 0 aliphatic carbocycles. The first-order valence-corrected chi connectivity index (χ1v) is 6.91. The predicted molar refractivity (Wildman–Crippen MR) is 71.2 cm³/mol. The van der Waals surface area contributed by atoms with E-state index in [0.717, 1.165) is 28.6 Å². The van der Waals surface area contributed by atoms with Crippen molar-refractivity contribution in [3.63, 3.8) is 0 Å². The quantitative estimate of drug-likeness (QED) is 0.825. The van der Waals surface area contributed by atoms with Crippen molar-refractivity contribution >= 4 is 11.8 Å². The molecule has 0 spiro atoms. The zero-order chi connectivity index (χ0) is 12.8. The fraction of sp³-hybridized carbons (Fsp3) is 0.462. The summed E-state index contributed by atoms with van der Waals surface area (Å²) >= 11 is 1.73. The van der Waals surface area contributed by atoms with Gasteiger partial charge in [0.05, 0.1) is 12.1 Å². The van der Waals surface area contributed by atoms with Crippen LogP contribution in [-0.2, 0) is 0 Å². The highest BCUT2D eigenvalue weighted by Gasteiger charge is 2.12. The normalized spacial score (nSPS) is 14.9. The third-order valence-corrected chi connectivity index (χ3v) is 3.72. The molecule has 1 aliphatic heterocycles. The topological polar surface area (TPSA) is 54.3 Å². The Labute approximate surface area is 111 Å². The number of rotatable bonds is 5. The predicted octanol–water partition coefficient (Wildman–Crippen LogP) is 2.05. The molecule has 0 aromatic heterocycles. The molecule has 1 N–H and O–H groups in total. The van der Waals surface area contributed by atoms with Crippen LogP contribution >= 0.6 is 11.8 Å². The van der Waals surface area contributed by atoms with Gasteiger partial charge in [-0.1, -0.05) is 0 Å². The maximum absolute atomic E-state index is 8.82. The van der Waals surface area contributed by atoms with Crippen molar-refractivity contribution in [1.29, 1.82) is 5.26 Å². The first-order valence-electron chi connectivity index (χ1n) is 5.93. The number of benzene rings is 1. The molecule has 0 bridgehead atoms. The number of nitriles is 1. The fourth-order valence-electron chi connectivity index (χ4n) is 1.68. The maximum Gasteiger partial charge on any atom is 0.162 e. The Morgan fingerprint density at radius 2 is 2.17 bits per heavy atom. The van der Waals surface area contributed by atoms with Crippen LogP contribution < -0.4 is 14.8 Å². The van der Waals surface area contributed by atoms with Gasteiger partial charge in [0.1, 0.15) is 13.2 Å². The van der Waals surface area contributed by atoms with E-state index < -0.39 is 0 Å². The summed E-state index contributed by atoms with van der Waals surface area (Å²) in [7, 11) is 1.81. The summed E-state index contributed by atoms with van der Waals surface area (Å²) in [6.07, 6.45) is 0.826. The zero-order valence-corrected chi connectivity index (χ0v) is 11.1. The summed E-state index contributed by atoms with van der Waals surface area (Å²) in [6, 6.07) is 8.11. The van der Waals surface area contributed by atoms with Gasteiger partial charge in [0, 0.05) is 10.6 Å². The van der Waals surface area contributed by atoms with E-state index in [2.05, 4.69) is 11.4 Å². The molecule has 1 unspecified atom stereocenters. The van der Waals surface area contributed by atoms with Crippen molar-refractivity contribution in [2.24, 2.45) is 0 Å². The van der Waals surface area contributed by atoms with Crippen LogP contribution in [-0.4, -0.2) is 32.1 Å². The van der Waals surface area contributed by atoms with Crippen LogP contribution in [0.1, 0.15) is 6.42 Å². The second-order valence-electron chi connectivity index (χ2n) is 3.91. The van der Waals surface area contributed by atoms with E-state index in [-0.39, 0.29) is 6.04 Å². The van der Waals surface area contributed by atoms with Crippen molar-refractivity contribution in [2.45, 2.75) is 17.4 Å². The number of nitrogens with zero attached hydrogens (tertiary/aromatic N) is 1. The van der Waals surface area contributed by atoms with Gasteiger partial charge in [-0.3, -0.25) is 0 Å². The lowest BCUT2D eigenvalue weighted by atomic mass is 10.3. The lowest BCUT2D eigenvalue weighted by Crippen LogP contribution is -2.23. The van der Waals surface area contributed by atoms with Crippen LogP contribution in [0.5, 0.6) is 11.5 Å². The lowest BCUT2D eigenvalue weighted by molar-refractivity contribution is 0.171. The third kappa shape index (κ3) is 3.31. The molecule has 1 atom stereocenters. The number of ether oxygens (including phenoxy) is 2. The minimum atomic E-state index is -0.0743. The molecule has 18 heavy (non-hydrogen) atoms. The van der Waals surface area contributed by atoms with E-state index in [1.165, 1.54) is 0 Å². The van der Waals surface area contributed by atoms with E-state index >= 15 is 0 Å². The van der Waals surface area contributed by atoms with E-state index in [4.69, 9.17) is 14.7 Å². The summed E-state index contributed by atoms with van der Waals surface area (Å²) in [6.45, 7) is 1.23. The van der Waals surface area contributed by atoms with Gasteiger partial charge in [0.2, 0.25) is 0 Å². The van der Waals surface area contributed by atoms with E-state index in [0.29, 0.717) is 13.2 Å². The Kier molecular flexibility index (Phi) is 4.73. The van der Waals surface area contributed by atoms with Gasteiger partial charge in [-0.15, -0.1) is 11.8 Å². The second-order valence-corrected chi connectivity index (χ2v) is 5.08. The summed E-state index contributed by atoms with van der Waals surface area (Å²) < 4.78 is 11.0. The van der Waals surface area contributed by atoms with Gasteiger partial charge in [-0.2, -0.15) is 5.26 Å². The summed E-state index contributed by atoms with van der Waals surface area (Å²) in [4.78, 5) is 1.15. The Bertz CT molecular complexity index is 445. The van der Waals surface area contributed by atoms with Crippen molar-refractivity contribution < 1.29 is 9.47 Å². The van der Waals surface area contributed by atoms with Crippen LogP contribution in [0, 0.1) is 11.3 Å². The van der Waals surface area contributed by atoms with E-state index in [9.17, 15) is 0 Å². The van der Waals surface area contributed by atoms with Gasteiger partial charge < -0.3 is 14.8 Å². The molecule has 4 nitrogen and oxygen atoms in total. The van der Waals surface area contributed by atoms with Gasteiger partial charge in [0.25, 0.3) is 0 Å². The number of nitrogens with one attached hydrogen (secondary N) is 1. The minimum Gasteiger partial charge on any atom is -0.486 e. The number of thioether (sulfide) groups is 1. The number of hydrogen-bond acceptors (Lipinski definition) is 5. The smallest absolute Gasteiger partial charge is 0.162 e. The highest BCUT2D eigenvalue weighted by Crippen LogP contribution is 2.34. The molecule has 0 amide bonds. The molecule has 2 rings (SSSR count). The van der Waals surface area contributed by atoms with E-state index in [1.54, 1.807) is 11.8 Å². The molecule has 1 heterocycles. The molecule has 96 valence electrons. The van der Waals surface area contributed by atoms with Gasteiger partial charge >= 0.3 is 0 Å². The molecule has 0 fully saturated rings. The van der Waals surface area contributed by atoms with Gasteiger partial charge in [-0.05, 0) is 31.7 Å². The standard InChI is InChI=1S/C13H16N2O2S/c1-15-10(9-14)4-7-18-11-2-3-12-13(8-11)17-6-5-16-12/h2-3,8,10,15H,4-7H2,1H3. The second kappa shape index (κ2) is 6.53. The summed E-state index contributed by atoms with van der Waals surface area (Å²) in [5.41, 5.74) is 0. The minimum absolute atomic E-state index is 0.0743. The Morgan fingerprint density at radius 3 is 2.89 bits per heavy atom. The van der Waals surface area contributed by atoms with Gasteiger partial charge in [-0.25, -0.2) is 0 Å². The molecular formula is C13H16N2O2S. The number of fused-ring (bicyclic) bond motifs is 1. The maximum atomic E-state index is 8.82. The highest BCUT2D eigenvalue weighted by atomic mass is 32.2. The first kappa shape index (κ1) is 13.1. The average molecular weight is 264 g/mol. The van der Waals surface area contributed by atoms with E-state index in [1.807, 2.05) is 25.2 Å². The molecule has 1 aromatic rings. The monoisotopic (exact) mass is 264 g/mol. The van der Waals surface area contributed by atoms with Crippen molar-refractivity contribution in [1.82, 2.24) is 5.32 Å². The molecule has 0 saturated heterocycles. The van der Waals surface area contributed by atoms with Crippen LogP contribution in [0.2, 0.25) is 0 Å². The Balaban J connectivity index is 1.88. The summed E-state index contributed by atoms with van der Waals surface area (Å²) in [5, 5.41) is 11.8. The fourth-order valence-corrected chi connectivity index (χ4v) is 2.63. The highest BCUT2D eigenvalue weighted by molar-refractivity contribution is 7.99. The van der Waals surface area contributed by atoms with Crippen molar-refractivity contribution in [2.75, 3.05) is 26.0 Å². The van der Waals surface area contributed by atoms with Crippen LogP contribution in [0.15, 0.2) is 23.1 Å². The molecule has 5 heteroatoms. The van der Waals surface area contributed by atoms with Crippen LogP contribution in [0.25, 0.3) is 0 Å². The van der Waals surface area contributed by atoms with Crippen LogP contribution in [0.3, 0.4) is 0 Å².